The number of hydrogen-bond donors (Lipinski definition) is 0. The Hall–Kier alpha value is -1.38. The second kappa shape index (κ2) is 3.40. The summed E-state index contributed by atoms with van der Waals surface area (Å²) in [6, 6.07) is 8.99. The topological polar surface area (TPSA) is 26.3 Å². The van der Waals surface area contributed by atoms with Crippen LogP contribution in [-0.4, -0.2) is 12.1 Å². The highest BCUT2D eigenvalue weighted by Gasteiger charge is 2.42. The lowest BCUT2D eigenvalue weighted by molar-refractivity contribution is -0.144. The van der Waals surface area contributed by atoms with Gasteiger partial charge in [-0.2, -0.15) is 0 Å². The van der Waals surface area contributed by atoms with Crippen LogP contribution in [-0.2, 0) is 9.53 Å². The van der Waals surface area contributed by atoms with Crippen molar-refractivity contribution in [2.75, 3.05) is 0 Å². The Labute approximate surface area is 81.7 Å². The van der Waals surface area contributed by atoms with Crippen LogP contribution in [0, 0.1) is 5.92 Å². The minimum Gasteiger partial charge on any atom is -0.454 e. The van der Waals surface area contributed by atoms with Crippen LogP contribution in [0.25, 0.3) is 0 Å². The molecule has 0 aliphatic carbocycles. The quantitative estimate of drug-likeness (QED) is 0.641. The summed E-state index contributed by atoms with van der Waals surface area (Å²) >= 11 is 0. The maximum absolute atomic E-state index is 13.6. The van der Waals surface area contributed by atoms with E-state index >= 15 is 0 Å². The number of esters is 1. The van der Waals surface area contributed by atoms with Gasteiger partial charge in [0.2, 0.25) is 0 Å². The van der Waals surface area contributed by atoms with Crippen LogP contribution in [0.1, 0.15) is 18.6 Å². The second-order valence-electron chi connectivity index (χ2n) is 3.50. The van der Waals surface area contributed by atoms with E-state index < -0.39 is 24.2 Å². The number of halogens is 1. The number of alkyl halides is 1. The molecule has 3 atom stereocenters. The third-order valence-corrected chi connectivity index (χ3v) is 2.51. The van der Waals surface area contributed by atoms with Gasteiger partial charge in [-0.05, 0) is 12.5 Å². The van der Waals surface area contributed by atoms with Crippen molar-refractivity contribution in [3.8, 4) is 0 Å². The lowest BCUT2D eigenvalue weighted by atomic mass is 10.00. The highest BCUT2D eigenvalue weighted by Crippen LogP contribution is 2.35. The maximum atomic E-state index is 13.6. The SMILES string of the molecule is CC1C(=O)OC(c2ccccc2)C1F. The van der Waals surface area contributed by atoms with Crippen molar-refractivity contribution in [1.82, 2.24) is 0 Å². The van der Waals surface area contributed by atoms with Crippen molar-refractivity contribution in [2.45, 2.75) is 19.2 Å². The van der Waals surface area contributed by atoms with E-state index in [4.69, 9.17) is 4.74 Å². The molecule has 3 unspecified atom stereocenters. The molecule has 1 fully saturated rings. The van der Waals surface area contributed by atoms with Crippen molar-refractivity contribution < 1.29 is 13.9 Å². The zero-order valence-corrected chi connectivity index (χ0v) is 7.81. The van der Waals surface area contributed by atoms with E-state index in [2.05, 4.69) is 0 Å². The van der Waals surface area contributed by atoms with Crippen molar-refractivity contribution in [1.29, 1.82) is 0 Å². The molecule has 0 spiro atoms. The lowest BCUT2D eigenvalue weighted by Crippen LogP contribution is -2.14. The van der Waals surface area contributed by atoms with E-state index in [-0.39, 0.29) is 0 Å². The first-order valence-electron chi connectivity index (χ1n) is 4.59. The van der Waals surface area contributed by atoms with Crippen molar-refractivity contribution in [3.05, 3.63) is 35.9 Å². The number of rotatable bonds is 1. The summed E-state index contributed by atoms with van der Waals surface area (Å²) in [6.07, 6.45) is -1.96. The van der Waals surface area contributed by atoms with Crippen LogP contribution >= 0.6 is 0 Å². The van der Waals surface area contributed by atoms with Gasteiger partial charge in [0.1, 0.15) is 0 Å². The normalized spacial score (nSPS) is 31.6. The number of carbonyl (C=O) groups is 1. The van der Waals surface area contributed by atoms with E-state index in [0.717, 1.165) is 5.56 Å². The predicted octanol–water partition coefficient (Wildman–Crippen LogP) is 2.26. The van der Waals surface area contributed by atoms with Gasteiger partial charge in [-0.25, -0.2) is 4.39 Å². The molecule has 0 bridgehead atoms. The fraction of sp³-hybridized carbons (Fsp3) is 0.364. The summed E-state index contributed by atoms with van der Waals surface area (Å²) in [5, 5.41) is 0. The Morgan fingerprint density at radius 1 is 1.29 bits per heavy atom. The predicted molar refractivity (Wildman–Crippen MR) is 49.3 cm³/mol. The molecule has 0 aromatic heterocycles. The molecule has 0 radical (unpaired) electrons. The van der Waals surface area contributed by atoms with Gasteiger partial charge in [-0.15, -0.1) is 0 Å². The van der Waals surface area contributed by atoms with Crippen LogP contribution < -0.4 is 0 Å². The zero-order chi connectivity index (χ0) is 10.1. The van der Waals surface area contributed by atoms with Gasteiger partial charge in [0, 0.05) is 0 Å². The number of benzene rings is 1. The average Bonchev–Trinajstić information content (AvgIpc) is 2.47. The molecule has 2 nitrogen and oxygen atoms in total. The van der Waals surface area contributed by atoms with Crippen LogP contribution in [0.5, 0.6) is 0 Å². The number of ether oxygens (including phenoxy) is 1. The summed E-state index contributed by atoms with van der Waals surface area (Å²) in [5.41, 5.74) is 0.720. The molecule has 0 N–H and O–H groups in total. The smallest absolute Gasteiger partial charge is 0.312 e. The molecule has 3 heteroatoms. The molecular formula is C11H11FO2. The second-order valence-corrected chi connectivity index (χ2v) is 3.50. The summed E-state index contributed by atoms with van der Waals surface area (Å²) in [4.78, 5) is 11.1. The molecule has 74 valence electrons. The Balaban J connectivity index is 2.26. The van der Waals surface area contributed by atoms with Gasteiger partial charge in [0.05, 0.1) is 5.92 Å². The fourth-order valence-corrected chi connectivity index (χ4v) is 1.58. The molecule has 1 aliphatic heterocycles. The summed E-state index contributed by atoms with van der Waals surface area (Å²) in [7, 11) is 0. The fourth-order valence-electron chi connectivity index (χ4n) is 1.58. The van der Waals surface area contributed by atoms with Crippen LogP contribution in [0.15, 0.2) is 30.3 Å². The average molecular weight is 194 g/mol. The number of hydrogen-bond acceptors (Lipinski definition) is 2. The van der Waals surface area contributed by atoms with Gasteiger partial charge >= 0.3 is 5.97 Å². The molecule has 2 rings (SSSR count). The van der Waals surface area contributed by atoms with Gasteiger partial charge < -0.3 is 4.74 Å². The highest BCUT2D eigenvalue weighted by atomic mass is 19.1. The standard InChI is InChI=1S/C11H11FO2/c1-7-9(12)10(14-11(7)13)8-5-3-2-4-6-8/h2-7,9-10H,1H3. The lowest BCUT2D eigenvalue weighted by Gasteiger charge is -2.11. The molecule has 1 aromatic carbocycles. The minimum absolute atomic E-state index is 0.452. The van der Waals surface area contributed by atoms with Crippen molar-refractivity contribution in [3.63, 3.8) is 0 Å². The maximum Gasteiger partial charge on any atom is 0.312 e. The number of cyclic esters (lactones) is 1. The Bertz CT molecular complexity index is 336. The first-order valence-corrected chi connectivity index (χ1v) is 4.59. The summed E-state index contributed by atoms with van der Waals surface area (Å²) in [6.45, 7) is 1.55. The van der Waals surface area contributed by atoms with E-state index in [1.165, 1.54) is 0 Å². The molecule has 0 amide bonds. The third kappa shape index (κ3) is 1.39. The van der Waals surface area contributed by atoms with Gasteiger partial charge in [0.15, 0.2) is 12.3 Å². The van der Waals surface area contributed by atoms with Gasteiger partial charge in [-0.3, -0.25) is 4.79 Å². The third-order valence-electron chi connectivity index (χ3n) is 2.51. The Morgan fingerprint density at radius 2 is 1.93 bits per heavy atom. The van der Waals surface area contributed by atoms with Crippen LogP contribution in [0.4, 0.5) is 4.39 Å². The zero-order valence-electron chi connectivity index (χ0n) is 7.81. The van der Waals surface area contributed by atoms with E-state index in [0.29, 0.717) is 0 Å². The number of carbonyl (C=O) groups excluding carboxylic acids is 1. The molecule has 14 heavy (non-hydrogen) atoms. The summed E-state index contributed by atoms with van der Waals surface area (Å²) < 4.78 is 18.5. The van der Waals surface area contributed by atoms with E-state index in [1.807, 2.05) is 6.07 Å². The van der Waals surface area contributed by atoms with Crippen LogP contribution in [0.3, 0.4) is 0 Å². The molecule has 0 saturated carbocycles. The highest BCUT2D eigenvalue weighted by molar-refractivity contribution is 5.75. The van der Waals surface area contributed by atoms with Crippen molar-refractivity contribution in [2.24, 2.45) is 5.92 Å². The molecule has 1 aromatic rings. The van der Waals surface area contributed by atoms with E-state index in [9.17, 15) is 9.18 Å². The van der Waals surface area contributed by atoms with Crippen molar-refractivity contribution >= 4 is 5.97 Å². The first kappa shape index (κ1) is 9.19. The largest absolute Gasteiger partial charge is 0.454 e. The van der Waals surface area contributed by atoms with Crippen LogP contribution in [0.2, 0.25) is 0 Å². The first-order chi connectivity index (χ1) is 6.70. The Kier molecular flexibility index (Phi) is 2.23. The monoisotopic (exact) mass is 194 g/mol. The molecule has 1 aliphatic rings. The molecular weight excluding hydrogens is 183 g/mol. The molecule has 1 heterocycles. The van der Waals surface area contributed by atoms with Gasteiger partial charge in [0.25, 0.3) is 0 Å². The van der Waals surface area contributed by atoms with E-state index in [1.54, 1.807) is 31.2 Å². The summed E-state index contributed by atoms with van der Waals surface area (Å²) in [5.74, 6) is -1.11. The Morgan fingerprint density at radius 3 is 2.43 bits per heavy atom. The minimum atomic E-state index is -1.23. The van der Waals surface area contributed by atoms with Gasteiger partial charge in [-0.1, -0.05) is 30.3 Å². The molecule has 1 saturated heterocycles.